The van der Waals surface area contributed by atoms with Crippen molar-refractivity contribution in [1.29, 1.82) is 0 Å². The molecule has 0 aliphatic carbocycles. The Labute approximate surface area is 103 Å². The third-order valence-electron chi connectivity index (χ3n) is 1.37. The zero-order chi connectivity index (χ0) is 11.5. The molecule has 0 aliphatic heterocycles. The number of hydrogen-bond donors (Lipinski definition) is 1. The van der Waals surface area contributed by atoms with Crippen LogP contribution in [0.3, 0.4) is 0 Å². The molecule has 0 fully saturated rings. The number of aromatic nitrogens is 1. The van der Waals surface area contributed by atoms with Gasteiger partial charge in [-0.1, -0.05) is 0 Å². The maximum absolute atomic E-state index is 11.4. The average Bonchev–Trinajstić information content (AvgIpc) is 2.05. The topological polar surface area (TPSA) is 51.2 Å². The van der Waals surface area contributed by atoms with Gasteiger partial charge in [0.1, 0.15) is 9.30 Å². The van der Waals surface area contributed by atoms with E-state index in [0.29, 0.717) is 5.69 Å². The van der Waals surface area contributed by atoms with Crippen LogP contribution in [-0.4, -0.2) is 16.7 Å². The molecule has 82 valence electrons. The molecule has 1 N–H and O–H groups in total. The summed E-state index contributed by atoms with van der Waals surface area (Å²) in [6.07, 6.45) is 1.12. The van der Waals surface area contributed by atoms with Crippen molar-refractivity contribution in [2.45, 2.75) is 26.4 Å². The van der Waals surface area contributed by atoms with Gasteiger partial charge in [0.25, 0.3) is 0 Å². The monoisotopic (exact) mass is 320 g/mol. The number of anilines is 1. The maximum Gasteiger partial charge on any atom is 0.412 e. The van der Waals surface area contributed by atoms with Crippen molar-refractivity contribution in [3.63, 3.8) is 0 Å². The number of nitrogens with zero attached hydrogens (tertiary/aromatic N) is 1. The fourth-order valence-electron chi connectivity index (χ4n) is 0.871. The van der Waals surface area contributed by atoms with E-state index in [0.717, 1.165) is 3.70 Å². The van der Waals surface area contributed by atoms with Gasteiger partial charge in [-0.05, 0) is 55.5 Å². The molecule has 0 aliphatic rings. The predicted molar refractivity (Wildman–Crippen MR) is 66.8 cm³/mol. The van der Waals surface area contributed by atoms with E-state index in [1.165, 1.54) is 0 Å². The number of ether oxygens (including phenoxy) is 1. The van der Waals surface area contributed by atoms with E-state index in [2.05, 4.69) is 32.9 Å². The van der Waals surface area contributed by atoms with Gasteiger partial charge in [-0.3, -0.25) is 5.32 Å². The van der Waals surface area contributed by atoms with E-state index >= 15 is 0 Å². The second-order valence-corrected chi connectivity index (χ2v) is 5.10. The Morgan fingerprint density at radius 3 is 2.60 bits per heavy atom. The smallest absolute Gasteiger partial charge is 0.412 e. The van der Waals surface area contributed by atoms with Gasteiger partial charge in [0.05, 0.1) is 11.9 Å². The van der Waals surface area contributed by atoms with Crippen molar-refractivity contribution in [3.8, 4) is 0 Å². The van der Waals surface area contributed by atoms with E-state index in [4.69, 9.17) is 4.74 Å². The SMILES string of the molecule is CC(C)(C)OC(=O)Nc1ccc(I)nc1. The van der Waals surface area contributed by atoms with Crippen molar-refractivity contribution in [2.24, 2.45) is 0 Å². The number of pyridine rings is 1. The minimum absolute atomic E-state index is 0.467. The molecular weight excluding hydrogens is 307 g/mol. The van der Waals surface area contributed by atoms with E-state index in [1.807, 2.05) is 26.8 Å². The summed E-state index contributed by atoms with van der Waals surface area (Å²) in [5, 5.41) is 2.60. The number of rotatable bonds is 1. The van der Waals surface area contributed by atoms with Crippen LogP contribution in [0.2, 0.25) is 0 Å². The second kappa shape index (κ2) is 4.78. The average molecular weight is 320 g/mol. The van der Waals surface area contributed by atoms with Gasteiger partial charge >= 0.3 is 6.09 Å². The lowest BCUT2D eigenvalue weighted by Gasteiger charge is -2.19. The largest absolute Gasteiger partial charge is 0.444 e. The molecule has 0 spiro atoms. The molecule has 0 bridgehead atoms. The Hall–Kier alpha value is -0.850. The Morgan fingerprint density at radius 1 is 1.47 bits per heavy atom. The zero-order valence-corrected chi connectivity index (χ0v) is 11.0. The summed E-state index contributed by atoms with van der Waals surface area (Å²) < 4.78 is 5.97. The van der Waals surface area contributed by atoms with E-state index in [1.54, 1.807) is 12.3 Å². The summed E-state index contributed by atoms with van der Waals surface area (Å²) in [6, 6.07) is 3.59. The van der Waals surface area contributed by atoms with Crippen LogP contribution in [0.1, 0.15) is 20.8 Å². The maximum atomic E-state index is 11.4. The molecule has 5 heteroatoms. The highest BCUT2D eigenvalue weighted by Crippen LogP contribution is 2.11. The molecule has 0 saturated carbocycles. The van der Waals surface area contributed by atoms with Gasteiger partial charge in [-0.2, -0.15) is 0 Å². The second-order valence-electron chi connectivity index (χ2n) is 4.00. The Morgan fingerprint density at radius 2 is 2.13 bits per heavy atom. The molecule has 1 heterocycles. The summed E-state index contributed by atoms with van der Waals surface area (Å²) in [4.78, 5) is 15.4. The van der Waals surface area contributed by atoms with Crippen LogP contribution < -0.4 is 5.32 Å². The van der Waals surface area contributed by atoms with Crippen molar-refractivity contribution in [1.82, 2.24) is 4.98 Å². The number of nitrogens with one attached hydrogen (secondary N) is 1. The van der Waals surface area contributed by atoms with Crippen LogP contribution in [-0.2, 0) is 4.74 Å². The number of hydrogen-bond acceptors (Lipinski definition) is 3. The Bertz CT molecular complexity index is 343. The third kappa shape index (κ3) is 4.96. The number of carbonyl (C=O) groups excluding carboxylic acids is 1. The molecule has 1 amide bonds. The summed E-state index contributed by atoms with van der Waals surface area (Å²) >= 11 is 2.10. The highest BCUT2D eigenvalue weighted by atomic mass is 127. The third-order valence-corrected chi connectivity index (χ3v) is 2.01. The highest BCUT2D eigenvalue weighted by molar-refractivity contribution is 14.1. The lowest BCUT2D eigenvalue weighted by atomic mass is 10.2. The lowest BCUT2D eigenvalue weighted by Crippen LogP contribution is -2.27. The van der Waals surface area contributed by atoms with E-state index < -0.39 is 11.7 Å². The first-order chi connectivity index (χ1) is 6.87. The van der Waals surface area contributed by atoms with Crippen molar-refractivity contribution >= 4 is 34.4 Å². The lowest BCUT2D eigenvalue weighted by molar-refractivity contribution is 0.0636. The van der Waals surface area contributed by atoms with Gasteiger partial charge < -0.3 is 4.74 Å². The molecule has 4 nitrogen and oxygen atoms in total. The first-order valence-electron chi connectivity index (χ1n) is 4.48. The standard InChI is InChI=1S/C10H13IN2O2/c1-10(2,3)15-9(14)13-7-4-5-8(11)12-6-7/h4-6H,1-3H3,(H,13,14). The van der Waals surface area contributed by atoms with Gasteiger partial charge in [-0.25, -0.2) is 9.78 Å². The zero-order valence-electron chi connectivity index (χ0n) is 8.87. The van der Waals surface area contributed by atoms with Gasteiger partial charge in [0, 0.05) is 0 Å². The normalized spacial score (nSPS) is 10.9. The molecular formula is C10H13IN2O2. The molecule has 0 atom stereocenters. The molecule has 0 radical (unpaired) electrons. The fourth-order valence-corrected chi connectivity index (χ4v) is 1.19. The highest BCUT2D eigenvalue weighted by Gasteiger charge is 2.15. The van der Waals surface area contributed by atoms with Crippen LogP contribution in [0.25, 0.3) is 0 Å². The summed E-state index contributed by atoms with van der Waals surface area (Å²) in [7, 11) is 0. The van der Waals surface area contributed by atoms with E-state index in [9.17, 15) is 4.79 Å². The fraction of sp³-hybridized carbons (Fsp3) is 0.400. The van der Waals surface area contributed by atoms with Gasteiger partial charge in [-0.15, -0.1) is 0 Å². The summed E-state index contributed by atoms with van der Waals surface area (Å²) in [5.74, 6) is 0. The van der Waals surface area contributed by atoms with Gasteiger partial charge in [0.2, 0.25) is 0 Å². The molecule has 1 aromatic heterocycles. The Balaban J connectivity index is 2.55. The molecule has 1 rings (SSSR count). The quantitative estimate of drug-likeness (QED) is 0.639. The first kappa shape index (κ1) is 12.2. The van der Waals surface area contributed by atoms with Crippen LogP contribution in [0.4, 0.5) is 10.5 Å². The van der Waals surface area contributed by atoms with Crippen LogP contribution >= 0.6 is 22.6 Å². The molecule has 0 aromatic carbocycles. The molecule has 0 unspecified atom stereocenters. The van der Waals surface area contributed by atoms with Gasteiger partial charge in [0.15, 0.2) is 0 Å². The van der Waals surface area contributed by atoms with Crippen molar-refractivity contribution in [2.75, 3.05) is 5.32 Å². The van der Waals surface area contributed by atoms with Crippen LogP contribution in [0.15, 0.2) is 18.3 Å². The van der Waals surface area contributed by atoms with Crippen LogP contribution in [0.5, 0.6) is 0 Å². The summed E-state index contributed by atoms with van der Waals surface area (Å²) in [5.41, 5.74) is 0.144. The first-order valence-corrected chi connectivity index (χ1v) is 5.56. The molecule has 0 saturated heterocycles. The van der Waals surface area contributed by atoms with Crippen molar-refractivity contribution < 1.29 is 9.53 Å². The predicted octanol–water partition coefficient (Wildman–Crippen LogP) is 3.03. The number of halogens is 1. The minimum Gasteiger partial charge on any atom is -0.444 e. The number of amides is 1. The number of carbonyl (C=O) groups is 1. The molecule has 15 heavy (non-hydrogen) atoms. The van der Waals surface area contributed by atoms with Crippen molar-refractivity contribution in [3.05, 3.63) is 22.0 Å². The van der Waals surface area contributed by atoms with E-state index in [-0.39, 0.29) is 0 Å². The van der Waals surface area contributed by atoms with Crippen LogP contribution in [0, 0.1) is 3.70 Å². The minimum atomic E-state index is -0.485. The summed E-state index contributed by atoms with van der Waals surface area (Å²) in [6.45, 7) is 5.45. The molecule has 1 aromatic rings. The Kier molecular flexibility index (Phi) is 3.90.